The average molecular weight is 212 g/mol. The van der Waals surface area contributed by atoms with E-state index in [-0.39, 0.29) is 0 Å². The number of hydrogen-bond acceptors (Lipinski definition) is 2. The van der Waals surface area contributed by atoms with E-state index < -0.39 is 0 Å². The highest BCUT2D eigenvalue weighted by atomic mass is 15.2. The number of hydrogen-bond donors (Lipinski definition) is 1. The van der Waals surface area contributed by atoms with Crippen LogP contribution in [0.1, 0.15) is 47.0 Å². The van der Waals surface area contributed by atoms with Crippen LogP contribution in [0.25, 0.3) is 0 Å². The molecule has 2 heteroatoms. The molecule has 0 aromatic heterocycles. The molecule has 1 aliphatic rings. The molecule has 1 aliphatic heterocycles. The third kappa shape index (κ3) is 5.53. The van der Waals surface area contributed by atoms with Crippen LogP contribution in [0.15, 0.2) is 0 Å². The van der Waals surface area contributed by atoms with Gasteiger partial charge in [-0.25, -0.2) is 0 Å². The summed E-state index contributed by atoms with van der Waals surface area (Å²) < 4.78 is 0. The molecular weight excluding hydrogens is 184 g/mol. The predicted molar refractivity (Wildman–Crippen MR) is 67.2 cm³/mol. The van der Waals surface area contributed by atoms with Crippen molar-refractivity contribution in [3.63, 3.8) is 0 Å². The zero-order valence-corrected chi connectivity index (χ0v) is 11.0. The standard InChI is InChI=1S/C13H28N2/c1-5-8-14-12-7-6-9-15(10-12)11-13(2,3)4/h12,14H,5-11H2,1-4H3. The summed E-state index contributed by atoms with van der Waals surface area (Å²) in [5, 5.41) is 3.65. The van der Waals surface area contributed by atoms with Crippen LogP contribution in [0, 0.1) is 5.41 Å². The Kier molecular flexibility index (Phi) is 5.07. The van der Waals surface area contributed by atoms with Crippen molar-refractivity contribution in [1.29, 1.82) is 0 Å². The molecule has 0 saturated carbocycles. The summed E-state index contributed by atoms with van der Waals surface area (Å²) in [5.41, 5.74) is 0.437. The summed E-state index contributed by atoms with van der Waals surface area (Å²) in [5.74, 6) is 0. The molecule has 15 heavy (non-hydrogen) atoms. The van der Waals surface area contributed by atoms with E-state index in [4.69, 9.17) is 0 Å². The van der Waals surface area contributed by atoms with E-state index in [1.165, 1.54) is 45.4 Å². The van der Waals surface area contributed by atoms with Crippen molar-refractivity contribution in [3.8, 4) is 0 Å². The Morgan fingerprint density at radius 1 is 1.33 bits per heavy atom. The first-order valence-corrected chi connectivity index (χ1v) is 6.47. The Bertz CT molecular complexity index is 172. The number of nitrogens with one attached hydrogen (secondary N) is 1. The molecule has 1 N–H and O–H groups in total. The van der Waals surface area contributed by atoms with Crippen LogP contribution in [0.3, 0.4) is 0 Å². The van der Waals surface area contributed by atoms with E-state index >= 15 is 0 Å². The zero-order valence-electron chi connectivity index (χ0n) is 11.0. The van der Waals surface area contributed by atoms with Gasteiger partial charge in [0.15, 0.2) is 0 Å². The molecule has 1 atom stereocenters. The molecule has 1 fully saturated rings. The Labute approximate surface area is 95.4 Å². The molecule has 90 valence electrons. The van der Waals surface area contributed by atoms with Crippen molar-refractivity contribution >= 4 is 0 Å². The minimum absolute atomic E-state index is 0.437. The average Bonchev–Trinajstić information content (AvgIpc) is 2.12. The van der Waals surface area contributed by atoms with E-state index in [0.717, 1.165) is 6.04 Å². The Hall–Kier alpha value is -0.0800. The molecule has 0 bridgehead atoms. The molecule has 2 nitrogen and oxygen atoms in total. The van der Waals surface area contributed by atoms with Crippen molar-refractivity contribution in [1.82, 2.24) is 10.2 Å². The fourth-order valence-corrected chi connectivity index (χ4v) is 2.39. The van der Waals surface area contributed by atoms with Gasteiger partial charge in [0.25, 0.3) is 0 Å². The fourth-order valence-electron chi connectivity index (χ4n) is 2.39. The van der Waals surface area contributed by atoms with Crippen LogP contribution in [0.5, 0.6) is 0 Å². The number of likely N-dealkylation sites (tertiary alicyclic amines) is 1. The van der Waals surface area contributed by atoms with E-state index in [2.05, 4.69) is 37.9 Å². The molecule has 1 unspecified atom stereocenters. The van der Waals surface area contributed by atoms with Crippen LogP contribution in [-0.4, -0.2) is 37.1 Å². The minimum atomic E-state index is 0.437. The van der Waals surface area contributed by atoms with Crippen LogP contribution in [-0.2, 0) is 0 Å². The van der Waals surface area contributed by atoms with Crippen molar-refractivity contribution in [3.05, 3.63) is 0 Å². The molecule has 1 saturated heterocycles. The number of piperidine rings is 1. The lowest BCUT2D eigenvalue weighted by atomic mass is 9.94. The van der Waals surface area contributed by atoms with Gasteiger partial charge in [0.05, 0.1) is 0 Å². The van der Waals surface area contributed by atoms with Gasteiger partial charge in [0.2, 0.25) is 0 Å². The second kappa shape index (κ2) is 5.86. The van der Waals surface area contributed by atoms with Gasteiger partial charge >= 0.3 is 0 Å². The van der Waals surface area contributed by atoms with Gasteiger partial charge in [-0.05, 0) is 37.8 Å². The monoisotopic (exact) mass is 212 g/mol. The van der Waals surface area contributed by atoms with E-state index in [1.807, 2.05) is 0 Å². The summed E-state index contributed by atoms with van der Waals surface area (Å²) in [6, 6.07) is 0.737. The summed E-state index contributed by atoms with van der Waals surface area (Å²) in [7, 11) is 0. The molecule has 0 aromatic rings. The largest absolute Gasteiger partial charge is 0.313 e. The van der Waals surface area contributed by atoms with Gasteiger partial charge in [0.1, 0.15) is 0 Å². The Balaban J connectivity index is 2.29. The number of nitrogens with zero attached hydrogens (tertiary/aromatic N) is 1. The van der Waals surface area contributed by atoms with Gasteiger partial charge in [0, 0.05) is 19.1 Å². The first kappa shape index (κ1) is 13.0. The molecule has 0 amide bonds. The van der Waals surface area contributed by atoms with Crippen LogP contribution < -0.4 is 5.32 Å². The summed E-state index contributed by atoms with van der Waals surface area (Å²) in [6.07, 6.45) is 3.97. The summed E-state index contributed by atoms with van der Waals surface area (Å²) in [4.78, 5) is 2.62. The summed E-state index contributed by atoms with van der Waals surface area (Å²) >= 11 is 0. The summed E-state index contributed by atoms with van der Waals surface area (Å²) in [6.45, 7) is 14.2. The SMILES string of the molecule is CCCNC1CCCN(CC(C)(C)C)C1. The zero-order chi connectivity index (χ0) is 11.3. The first-order valence-electron chi connectivity index (χ1n) is 6.47. The Morgan fingerprint density at radius 3 is 2.67 bits per heavy atom. The maximum absolute atomic E-state index is 3.65. The highest BCUT2D eigenvalue weighted by Gasteiger charge is 2.22. The molecule has 1 heterocycles. The normalized spacial score (nSPS) is 24.4. The second-order valence-corrected chi connectivity index (χ2v) is 6.09. The van der Waals surface area contributed by atoms with Crippen molar-refractivity contribution in [2.45, 2.75) is 53.0 Å². The molecule has 0 spiro atoms. The minimum Gasteiger partial charge on any atom is -0.313 e. The van der Waals surface area contributed by atoms with E-state index in [1.54, 1.807) is 0 Å². The van der Waals surface area contributed by atoms with Crippen molar-refractivity contribution < 1.29 is 0 Å². The fraction of sp³-hybridized carbons (Fsp3) is 1.00. The van der Waals surface area contributed by atoms with Crippen LogP contribution in [0.4, 0.5) is 0 Å². The van der Waals surface area contributed by atoms with Gasteiger partial charge in [-0.3, -0.25) is 0 Å². The topological polar surface area (TPSA) is 15.3 Å². The predicted octanol–water partition coefficient (Wildman–Crippen LogP) is 2.50. The quantitative estimate of drug-likeness (QED) is 0.770. The lowest BCUT2D eigenvalue weighted by Crippen LogP contribution is -2.48. The smallest absolute Gasteiger partial charge is 0.0195 e. The molecular formula is C13H28N2. The van der Waals surface area contributed by atoms with Crippen molar-refractivity contribution in [2.75, 3.05) is 26.2 Å². The van der Waals surface area contributed by atoms with Gasteiger partial charge in [-0.15, -0.1) is 0 Å². The van der Waals surface area contributed by atoms with E-state index in [0.29, 0.717) is 5.41 Å². The molecule has 0 aliphatic carbocycles. The maximum atomic E-state index is 3.65. The molecule has 0 aromatic carbocycles. The van der Waals surface area contributed by atoms with E-state index in [9.17, 15) is 0 Å². The highest BCUT2D eigenvalue weighted by molar-refractivity contribution is 4.80. The van der Waals surface area contributed by atoms with Crippen LogP contribution >= 0.6 is 0 Å². The highest BCUT2D eigenvalue weighted by Crippen LogP contribution is 2.18. The van der Waals surface area contributed by atoms with Gasteiger partial charge < -0.3 is 10.2 Å². The molecule has 1 rings (SSSR count). The Morgan fingerprint density at radius 2 is 2.07 bits per heavy atom. The third-order valence-corrected chi connectivity index (χ3v) is 2.89. The maximum Gasteiger partial charge on any atom is 0.0195 e. The van der Waals surface area contributed by atoms with Gasteiger partial charge in [-0.2, -0.15) is 0 Å². The van der Waals surface area contributed by atoms with Crippen LogP contribution in [0.2, 0.25) is 0 Å². The first-order chi connectivity index (χ1) is 7.01. The van der Waals surface area contributed by atoms with Crippen molar-refractivity contribution in [2.24, 2.45) is 5.41 Å². The molecule has 0 radical (unpaired) electrons. The van der Waals surface area contributed by atoms with Gasteiger partial charge in [-0.1, -0.05) is 27.7 Å². The lowest BCUT2D eigenvalue weighted by molar-refractivity contribution is 0.141. The lowest BCUT2D eigenvalue weighted by Gasteiger charge is -2.37. The third-order valence-electron chi connectivity index (χ3n) is 2.89. The second-order valence-electron chi connectivity index (χ2n) is 6.09. The number of rotatable bonds is 4.